The maximum Gasteiger partial charge on any atom is 0.246 e. The Balaban J connectivity index is -0.000000418. The Labute approximate surface area is 168 Å². The number of quaternary nitrogens is 1. The van der Waals surface area contributed by atoms with Gasteiger partial charge in [0.1, 0.15) is 0 Å². The van der Waals surface area contributed by atoms with Crippen molar-refractivity contribution in [2.45, 2.75) is 91.4 Å². The van der Waals surface area contributed by atoms with Gasteiger partial charge in [-0.1, -0.05) is 71.8 Å². The largest absolute Gasteiger partial charge is 1.00 e. The molecule has 1 amide bonds. The monoisotopic (exact) mass is 420 g/mol. The summed E-state index contributed by atoms with van der Waals surface area (Å²) in [4.78, 5) is 12.3. The highest BCUT2D eigenvalue weighted by Crippen LogP contribution is 2.09. The van der Waals surface area contributed by atoms with E-state index in [4.69, 9.17) is 0 Å². The normalized spacial score (nSPS) is 9.84. The van der Waals surface area contributed by atoms with E-state index in [0.717, 1.165) is 13.0 Å². The molecule has 0 rings (SSSR count). The summed E-state index contributed by atoms with van der Waals surface area (Å²) in [6.45, 7) is 11.6. The summed E-state index contributed by atoms with van der Waals surface area (Å²) in [5.41, 5.74) is 0.573. The number of hydrogen-bond donors (Lipinski definition) is 2. The Kier molecular flexibility index (Phi) is 27.8. The number of halogens is 1. The zero-order valence-electron chi connectivity index (χ0n) is 17.7. The minimum absolute atomic E-state index is 0. The number of carbonyl (C=O) groups excluding carboxylic acids is 1. The van der Waals surface area contributed by atoms with Crippen LogP contribution in [0.5, 0.6) is 0 Å². The fraction of sp³-hybridized carbons (Fsp3) is 0.857. The minimum Gasteiger partial charge on any atom is -1.00 e. The molecule has 0 saturated heterocycles. The van der Waals surface area contributed by atoms with Crippen LogP contribution in [0, 0.1) is 0 Å². The van der Waals surface area contributed by atoms with Gasteiger partial charge in [0.15, 0.2) is 0 Å². The van der Waals surface area contributed by atoms with Crippen LogP contribution in [0.3, 0.4) is 0 Å². The number of carbonyl (C=O) groups is 1. The minimum atomic E-state index is -0.0446. The van der Waals surface area contributed by atoms with E-state index in [1.54, 1.807) is 11.8 Å². The summed E-state index contributed by atoms with van der Waals surface area (Å²) >= 11 is 0. The molecule has 0 radical (unpaired) electrons. The van der Waals surface area contributed by atoms with Gasteiger partial charge in [0.2, 0.25) is 5.91 Å². The third-order valence-corrected chi connectivity index (χ3v) is 3.95. The fourth-order valence-corrected chi connectivity index (χ4v) is 2.36. The zero-order chi connectivity index (χ0) is 18.6. The van der Waals surface area contributed by atoms with Crippen LogP contribution in [0.25, 0.3) is 0 Å². The molecule has 0 unspecified atom stereocenters. The van der Waals surface area contributed by atoms with Gasteiger partial charge in [-0.25, -0.2) is 0 Å². The summed E-state index contributed by atoms with van der Waals surface area (Å²) in [7, 11) is 4.49. The Morgan fingerprint density at radius 1 is 0.840 bits per heavy atom. The van der Waals surface area contributed by atoms with E-state index in [2.05, 4.69) is 32.9 Å². The fourth-order valence-electron chi connectivity index (χ4n) is 2.36. The molecular formula is C21H45BrN2O. The predicted octanol–water partition coefficient (Wildman–Crippen LogP) is 1.14. The topological polar surface area (TPSA) is 33.5 Å². The number of hydrogen-bond acceptors (Lipinski definition) is 1. The van der Waals surface area contributed by atoms with Crippen molar-refractivity contribution < 1.29 is 26.7 Å². The molecule has 0 fully saturated rings. The van der Waals surface area contributed by atoms with Crippen molar-refractivity contribution >= 4 is 5.91 Å². The van der Waals surface area contributed by atoms with E-state index in [0.29, 0.717) is 5.57 Å². The number of unbranched alkanes of at least 4 members (excludes halogenated alkanes) is 9. The van der Waals surface area contributed by atoms with Gasteiger partial charge in [-0.2, -0.15) is 0 Å². The van der Waals surface area contributed by atoms with Gasteiger partial charge in [0.05, 0.1) is 20.6 Å². The molecule has 0 aliphatic carbocycles. The molecule has 0 spiro atoms. The molecule has 3 nitrogen and oxygen atoms in total. The van der Waals surface area contributed by atoms with Gasteiger partial charge in [0.25, 0.3) is 0 Å². The van der Waals surface area contributed by atoms with Gasteiger partial charge in [-0.05, 0) is 26.2 Å². The highest BCUT2D eigenvalue weighted by Gasteiger charge is 1.97. The molecule has 4 heteroatoms. The summed E-state index contributed by atoms with van der Waals surface area (Å²) in [6, 6.07) is 0. The Hall–Kier alpha value is -0.350. The van der Waals surface area contributed by atoms with E-state index < -0.39 is 0 Å². The average molecular weight is 422 g/mol. The Morgan fingerprint density at radius 2 is 1.28 bits per heavy atom. The lowest BCUT2D eigenvalue weighted by atomic mass is 10.1. The third kappa shape index (κ3) is 28.7. The summed E-state index contributed by atoms with van der Waals surface area (Å²) in [6.07, 6.45) is 15.4. The van der Waals surface area contributed by atoms with E-state index in [9.17, 15) is 4.79 Å². The second-order valence-electron chi connectivity index (χ2n) is 7.18. The Morgan fingerprint density at radius 3 is 1.64 bits per heavy atom. The SMILES string of the molecule is C=C(C)C(=O)NCCC.CCCCCCCCCCCC[NH+](C)C.[Br-]. The second-order valence-corrected chi connectivity index (χ2v) is 7.18. The second kappa shape index (κ2) is 23.6. The van der Waals surface area contributed by atoms with Crippen LogP contribution in [-0.4, -0.2) is 33.1 Å². The molecule has 0 atom stereocenters. The van der Waals surface area contributed by atoms with Crippen molar-refractivity contribution in [3.05, 3.63) is 12.2 Å². The van der Waals surface area contributed by atoms with Gasteiger partial charge in [-0.3, -0.25) is 4.79 Å². The molecule has 0 bridgehead atoms. The summed E-state index contributed by atoms with van der Waals surface area (Å²) in [5, 5.41) is 2.69. The molecule has 2 N–H and O–H groups in total. The average Bonchev–Trinajstić information content (AvgIpc) is 2.54. The lowest BCUT2D eigenvalue weighted by Gasteiger charge is -2.06. The van der Waals surface area contributed by atoms with Crippen molar-refractivity contribution in [1.29, 1.82) is 0 Å². The van der Waals surface area contributed by atoms with Crippen LogP contribution >= 0.6 is 0 Å². The smallest absolute Gasteiger partial charge is 0.246 e. The summed E-state index contributed by atoms with van der Waals surface area (Å²) < 4.78 is 0. The van der Waals surface area contributed by atoms with E-state index in [-0.39, 0.29) is 22.9 Å². The number of rotatable bonds is 14. The van der Waals surface area contributed by atoms with Crippen LogP contribution in [-0.2, 0) is 4.79 Å². The van der Waals surface area contributed by atoms with Gasteiger partial charge in [-0.15, -0.1) is 0 Å². The van der Waals surface area contributed by atoms with Gasteiger partial charge in [0, 0.05) is 12.1 Å². The van der Waals surface area contributed by atoms with E-state index in [1.165, 1.54) is 70.8 Å². The van der Waals surface area contributed by atoms with Crippen LogP contribution in [0.4, 0.5) is 0 Å². The Bertz CT molecular complexity index is 294. The molecule has 0 aliphatic rings. The van der Waals surface area contributed by atoms with Gasteiger partial charge >= 0.3 is 0 Å². The van der Waals surface area contributed by atoms with Crippen molar-refractivity contribution in [3.63, 3.8) is 0 Å². The summed E-state index contributed by atoms with van der Waals surface area (Å²) in [5.74, 6) is -0.0446. The first-order valence-electron chi connectivity index (χ1n) is 10.2. The predicted molar refractivity (Wildman–Crippen MR) is 108 cm³/mol. The lowest BCUT2D eigenvalue weighted by molar-refractivity contribution is -0.858. The number of amides is 1. The molecule has 25 heavy (non-hydrogen) atoms. The molecule has 0 saturated carbocycles. The quantitative estimate of drug-likeness (QED) is 0.320. The first-order chi connectivity index (χ1) is 11.5. The molecule has 0 aromatic rings. The molecule has 152 valence electrons. The van der Waals surface area contributed by atoms with Crippen molar-refractivity contribution in [1.82, 2.24) is 5.32 Å². The van der Waals surface area contributed by atoms with Crippen LogP contribution < -0.4 is 27.2 Å². The van der Waals surface area contributed by atoms with E-state index >= 15 is 0 Å². The molecule has 0 aliphatic heterocycles. The van der Waals surface area contributed by atoms with Crippen molar-refractivity contribution in [2.75, 3.05) is 27.2 Å². The molecular weight excluding hydrogens is 376 g/mol. The van der Waals surface area contributed by atoms with Crippen LogP contribution in [0.15, 0.2) is 12.2 Å². The standard InChI is InChI=1S/C14H31N.C7H13NO.BrH/c1-4-5-6-7-8-9-10-11-12-13-14-15(2)3;1-4-5-8-7(9)6(2)3;/h4-14H2,1-3H3;2,4-5H2,1,3H3,(H,8,9);1H. The van der Waals surface area contributed by atoms with Gasteiger partial charge < -0.3 is 27.2 Å². The zero-order valence-corrected chi connectivity index (χ0v) is 19.3. The maximum absolute atomic E-state index is 10.7. The maximum atomic E-state index is 10.7. The van der Waals surface area contributed by atoms with Crippen molar-refractivity contribution in [2.24, 2.45) is 0 Å². The van der Waals surface area contributed by atoms with Crippen LogP contribution in [0.1, 0.15) is 91.4 Å². The molecule has 0 aromatic heterocycles. The lowest BCUT2D eigenvalue weighted by Crippen LogP contribution is -3.05. The van der Waals surface area contributed by atoms with Crippen molar-refractivity contribution in [3.8, 4) is 0 Å². The molecule has 0 aromatic carbocycles. The molecule has 0 heterocycles. The number of nitrogens with one attached hydrogen (secondary N) is 2. The van der Waals surface area contributed by atoms with Crippen LogP contribution in [0.2, 0.25) is 0 Å². The van der Waals surface area contributed by atoms with E-state index in [1.807, 2.05) is 6.92 Å². The highest BCUT2D eigenvalue weighted by molar-refractivity contribution is 5.91. The highest BCUT2D eigenvalue weighted by atomic mass is 79.9. The third-order valence-electron chi connectivity index (χ3n) is 3.95. The first-order valence-corrected chi connectivity index (χ1v) is 10.2. The first kappa shape index (κ1) is 29.4.